The van der Waals surface area contributed by atoms with Gasteiger partial charge in [-0.1, -0.05) is 6.92 Å². The quantitative estimate of drug-likeness (QED) is 0.753. The number of carbonyl (C=O) groups excluding carboxylic acids is 1. The van der Waals surface area contributed by atoms with Crippen LogP contribution in [0.15, 0.2) is 41.3 Å². The molecule has 0 aliphatic carbocycles. The maximum atomic E-state index is 12.9. The molecule has 0 fully saturated rings. The standard InChI is InChI=1S/C21H21N3O4/c1-3-8-24-12-16(19(25)15-6-4-13(2)22-20(15)24)21(26)23-14-5-7-17-18(11-14)28-10-9-27-17/h4-7,11-12H,3,8-10H2,1-2H3,(H,23,26). The molecule has 0 saturated carbocycles. The molecule has 3 aromatic rings. The number of pyridine rings is 2. The van der Waals surface area contributed by atoms with Crippen LogP contribution < -0.4 is 20.2 Å². The summed E-state index contributed by atoms with van der Waals surface area (Å²) in [6.45, 7) is 5.54. The number of amides is 1. The number of hydrogen-bond donors (Lipinski definition) is 1. The van der Waals surface area contributed by atoms with Crippen LogP contribution in [0.5, 0.6) is 11.5 Å². The lowest BCUT2D eigenvalue weighted by molar-refractivity contribution is 0.102. The maximum absolute atomic E-state index is 12.9. The molecule has 0 radical (unpaired) electrons. The Bertz CT molecular complexity index is 1120. The zero-order valence-electron chi connectivity index (χ0n) is 15.8. The largest absolute Gasteiger partial charge is 0.486 e. The lowest BCUT2D eigenvalue weighted by atomic mass is 10.1. The highest BCUT2D eigenvalue weighted by Crippen LogP contribution is 2.32. The van der Waals surface area contributed by atoms with Crippen LogP contribution in [0.4, 0.5) is 5.69 Å². The molecule has 1 amide bonds. The van der Waals surface area contributed by atoms with Crippen molar-refractivity contribution in [1.82, 2.24) is 9.55 Å². The third-order valence-electron chi connectivity index (χ3n) is 4.57. The van der Waals surface area contributed by atoms with Crippen molar-refractivity contribution in [2.75, 3.05) is 18.5 Å². The molecule has 144 valence electrons. The molecule has 0 unspecified atom stereocenters. The van der Waals surface area contributed by atoms with Crippen LogP contribution in [0.25, 0.3) is 11.0 Å². The van der Waals surface area contributed by atoms with Gasteiger partial charge in [0, 0.05) is 30.2 Å². The third-order valence-corrected chi connectivity index (χ3v) is 4.57. The van der Waals surface area contributed by atoms with Crippen molar-refractivity contribution in [2.45, 2.75) is 26.8 Å². The van der Waals surface area contributed by atoms with Crippen LogP contribution in [0.3, 0.4) is 0 Å². The molecule has 1 N–H and O–H groups in total. The number of nitrogens with one attached hydrogen (secondary N) is 1. The first kappa shape index (κ1) is 18.0. The molecule has 0 spiro atoms. The zero-order valence-corrected chi connectivity index (χ0v) is 15.8. The van der Waals surface area contributed by atoms with E-state index >= 15 is 0 Å². The number of benzene rings is 1. The van der Waals surface area contributed by atoms with E-state index in [-0.39, 0.29) is 11.0 Å². The van der Waals surface area contributed by atoms with Gasteiger partial charge < -0.3 is 19.4 Å². The SMILES string of the molecule is CCCn1cc(C(=O)Nc2ccc3c(c2)OCCO3)c(=O)c2ccc(C)nc21. The van der Waals surface area contributed by atoms with E-state index in [1.165, 1.54) is 0 Å². The summed E-state index contributed by atoms with van der Waals surface area (Å²) < 4.78 is 12.9. The predicted molar refractivity (Wildman–Crippen MR) is 106 cm³/mol. The molecule has 7 heteroatoms. The molecule has 1 aliphatic rings. The average Bonchev–Trinajstić information content (AvgIpc) is 2.70. The topological polar surface area (TPSA) is 82.5 Å². The van der Waals surface area contributed by atoms with E-state index in [1.807, 2.05) is 18.4 Å². The zero-order chi connectivity index (χ0) is 19.7. The van der Waals surface area contributed by atoms with Gasteiger partial charge in [0.05, 0.1) is 5.39 Å². The molecule has 0 atom stereocenters. The Morgan fingerprint density at radius 1 is 1.18 bits per heavy atom. The lowest BCUT2D eigenvalue weighted by Crippen LogP contribution is -2.24. The first-order chi connectivity index (χ1) is 13.6. The van der Waals surface area contributed by atoms with E-state index in [4.69, 9.17) is 9.47 Å². The predicted octanol–water partition coefficient (Wildman–Crippen LogP) is 3.14. The minimum absolute atomic E-state index is 0.0847. The van der Waals surface area contributed by atoms with Gasteiger partial charge >= 0.3 is 0 Å². The highest BCUT2D eigenvalue weighted by atomic mass is 16.6. The van der Waals surface area contributed by atoms with Gasteiger partial charge in [-0.05, 0) is 37.6 Å². The van der Waals surface area contributed by atoms with E-state index in [0.29, 0.717) is 48.0 Å². The molecule has 4 rings (SSSR count). The van der Waals surface area contributed by atoms with Crippen LogP contribution in [0.1, 0.15) is 29.4 Å². The fourth-order valence-electron chi connectivity index (χ4n) is 3.25. The second-order valence-electron chi connectivity index (χ2n) is 6.70. The number of aryl methyl sites for hydroxylation is 2. The summed E-state index contributed by atoms with van der Waals surface area (Å²) in [6, 6.07) is 8.67. The normalized spacial score (nSPS) is 12.8. The minimum atomic E-state index is -0.464. The van der Waals surface area contributed by atoms with Crippen molar-refractivity contribution in [3.05, 3.63) is 58.0 Å². The van der Waals surface area contributed by atoms with E-state index < -0.39 is 5.91 Å². The number of hydrogen-bond acceptors (Lipinski definition) is 5. The Morgan fingerprint density at radius 3 is 2.75 bits per heavy atom. The van der Waals surface area contributed by atoms with Crippen molar-refractivity contribution < 1.29 is 14.3 Å². The van der Waals surface area contributed by atoms with E-state index in [0.717, 1.165) is 12.1 Å². The van der Waals surface area contributed by atoms with Crippen LogP contribution in [0, 0.1) is 6.92 Å². The number of anilines is 1. The van der Waals surface area contributed by atoms with Gasteiger partial charge in [0.2, 0.25) is 5.43 Å². The Balaban J connectivity index is 1.72. The second-order valence-corrected chi connectivity index (χ2v) is 6.70. The van der Waals surface area contributed by atoms with E-state index in [1.54, 1.807) is 36.5 Å². The molecule has 1 aromatic carbocycles. The molecule has 2 aromatic heterocycles. The highest BCUT2D eigenvalue weighted by Gasteiger charge is 2.18. The number of ether oxygens (including phenoxy) is 2. The van der Waals surface area contributed by atoms with E-state index in [2.05, 4.69) is 10.3 Å². The molecular formula is C21H21N3O4. The van der Waals surface area contributed by atoms with Gasteiger partial charge in [-0.25, -0.2) is 4.98 Å². The monoisotopic (exact) mass is 379 g/mol. The maximum Gasteiger partial charge on any atom is 0.261 e. The molecule has 0 bridgehead atoms. The number of aromatic nitrogens is 2. The first-order valence-corrected chi connectivity index (χ1v) is 9.28. The van der Waals surface area contributed by atoms with Gasteiger partial charge in [0.25, 0.3) is 5.91 Å². The van der Waals surface area contributed by atoms with Gasteiger partial charge in [-0.2, -0.15) is 0 Å². The van der Waals surface area contributed by atoms with Crippen molar-refractivity contribution >= 4 is 22.6 Å². The number of rotatable bonds is 4. The van der Waals surface area contributed by atoms with Crippen molar-refractivity contribution in [1.29, 1.82) is 0 Å². The molecule has 7 nitrogen and oxygen atoms in total. The second kappa shape index (κ2) is 7.34. The summed E-state index contributed by atoms with van der Waals surface area (Å²) >= 11 is 0. The van der Waals surface area contributed by atoms with Gasteiger partial charge in [0.15, 0.2) is 11.5 Å². The molecule has 0 saturated heterocycles. The fraction of sp³-hybridized carbons (Fsp3) is 0.286. The number of carbonyl (C=O) groups is 1. The summed E-state index contributed by atoms with van der Waals surface area (Å²) in [5, 5.41) is 3.23. The van der Waals surface area contributed by atoms with Crippen molar-refractivity contribution in [3.8, 4) is 11.5 Å². The smallest absolute Gasteiger partial charge is 0.261 e. The third kappa shape index (κ3) is 3.31. The Morgan fingerprint density at radius 2 is 1.96 bits per heavy atom. The summed E-state index contributed by atoms with van der Waals surface area (Å²) in [5.41, 5.74) is 1.72. The van der Waals surface area contributed by atoms with Crippen LogP contribution in [0.2, 0.25) is 0 Å². The highest BCUT2D eigenvalue weighted by molar-refractivity contribution is 6.05. The van der Waals surface area contributed by atoms with Crippen molar-refractivity contribution in [2.24, 2.45) is 0 Å². The summed E-state index contributed by atoms with van der Waals surface area (Å²) in [5.74, 6) is 0.751. The summed E-state index contributed by atoms with van der Waals surface area (Å²) in [4.78, 5) is 30.2. The Labute approximate surface area is 161 Å². The number of fused-ring (bicyclic) bond motifs is 2. The Kier molecular flexibility index (Phi) is 4.73. The summed E-state index contributed by atoms with van der Waals surface area (Å²) in [6.07, 6.45) is 2.45. The summed E-state index contributed by atoms with van der Waals surface area (Å²) in [7, 11) is 0. The Hall–Kier alpha value is -3.35. The molecule has 28 heavy (non-hydrogen) atoms. The fourth-order valence-corrected chi connectivity index (χ4v) is 3.25. The number of nitrogens with zero attached hydrogens (tertiary/aromatic N) is 2. The average molecular weight is 379 g/mol. The van der Waals surface area contributed by atoms with Gasteiger partial charge in [0.1, 0.15) is 24.4 Å². The van der Waals surface area contributed by atoms with E-state index in [9.17, 15) is 9.59 Å². The van der Waals surface area contributed by atoms with Crippen LogP contribution >= 0.6 is 0 Å². The lowest BCUT2D eigenvalue weighted by Gasteiger charge is -2.19. The molecular weight excluding hydrogens is 358 g/mol. The van der Waals surface area contributed by atoms with Crippen molar-refractivity contribution in [3.63, 3.8) is 0 Å². The van der Waals surface area contributed by atoms with Crippen LogP contribution in [-0.2, 0) is 6.54 Å². The molecule has 3 heterocycles. The first-order valence-electron chi connectivity index (χ1n) is 9.28. The van der Waals surface area contributed by atoms with Gasteiger partial charge in [-0.3, -0.25) is 9.59 Å². The van der Waals surface area contributed by atoms with Crippen LogP contribution in [-0.4, -0.2) is 28.7 Å². The van der Waals surface area contributed by atoms with Gasteiger partial charge in [-0.15, -0.1) is 0 Å². The minimum Gasteiger partial charge on any atom is -0.486 e. The molecule has 1 aliphatic heterocycles.